The first kappa shape index (κ1) is 18.3. The van der Waals surface area contributed by atoms with Gasteiger partial charge in [0, 0.05) is 0 Å². The summed E-state index contributed by atoms with van der Waals surface area (Å²) in [6.07, 6.45) is 7.18. The summed E-state index contributed by atoms with van der Waals surface area (Å²) in [6.45, 7) is 9.70. The monoisotopic (exact) mass is 466 g/mol. The molecule has 0 saturated heterocycles. The quantitative estimate of drug-likeness (QED) is 0.483. The maximum absolute atomic E-state index is 10.7. The van der Waals surface area contributed by atoms with Gasteiger partial charge in [-0.2, -0.15) is 0 Å². The van der Waals surface area contributed by atoms with E-state index in [2.05, 4.69) is 27.7 Å². The molecule has 4 fully saturated rings. The van der Waals surface area contributed by atoms with Crippen molar-refractivity contribution in [3.63, 3.8) is 0 Å². The SMILES string of the molecule is CC1(C)[C@@H]2CC[C@@]1(C[Se][Se]C[C@]13CC[C@H](C[C@H]1O)C3(C)C)[C@H](O)C2. The molecule has 4 aliphatic rings. The van der Waals surface area contributed by atoms with Gasteiger partial charge in [0.05, 0.1) is 0 Å². The molecule has 2 nitrogen and oxygen atoms in total. The molecule has 0 aromatic rings. The van der Waals surface area contributed by atoms with Gasteiger partial charge in [-0.3, -0.25) is 0 Å². The van der Waals surface area contributed by atoms with Gasteiger partial charge in [0.15, 0.2) is 0 Å². The fourth-order valence-electron chi connectivity index (χ4n) is 7.05. The van der Waals surface area contributed by atoms with Gasteiger partial charge in [-0.15, -0.1) is 0 Å². The normalized spacial score (nSPS) is 50.8. The molecule has 4 bridgehead atoms. The van der Waals surface area contributed by atoms with E-state index in [9.17, 15) is 10.2 Å². The number of rotatable bonds is 5. The Labute approximate surface area is 158 Å². The van der Waals surface area contributed by atoms with E-state index >= 15 is 0 Å². The Morgan fingerprint density at radius 1 is 0.750 bits per heavy atom. The number of fused-ring (bicyclic) bond motifs is 4. The Morgan fingerprint density at radius 3 is 1.38 bits per heavy atom. The van der Waals surface area contributed by atoms with Crippen LogP contribution in [0.4, 0.5) is 0 Å². The van der Waals surface area contributed by atoms with E-state index in [0.717, 1.165) is 24.7 Å². The number of hydrogen-bond acceptors (Lipinski definition) is 2. The summed E-state index contributed by atoms with van der Waals surface area (Å²) in [7, 11) is 0. The fraction of sp³-hybridized carbons (Fsp3) is 1.00. The standard InChI is InChI=1S/C20H34O2Se2/c1-17(2)13-5-7-19(17,15(21)9-13)11-23-24-12-20-8-6-14(10-16(20)22)18(20,3)4/h13-16,21-22H,5-12H2,1-4H3/t13-,14-,15-,16-,19-,20-/m1/s1. The van der Waals surface area contributed by atoms with Crippen molar-refractivity contribution < 1.29 is 10.2 Å². The topological polar surface area (TPSA) is 40.5 Å². The van der Waals surface area contributed by atoms with Crippen molar-refractivity contribution in [3.05, 3.63) is 0 Å². The zero-order chi connectivity index (χ0) is 17.4. The van der Waals surface area contributed by atoms with Crippen molar-refractivity contribution in [1.82, 2.24) is 0 Å². The van der Waals surface area contributed by atoms with Crippen LogP contribution in [0.5, 0.6) is 0 Å². The van der Waals surface area contributed by atoms with Crippen molar-refractivity contribution in [2.45, 2.75) is 89.1 Å². The summed E-state index contributed by atoms with van der Waals surface area (Å²) < 4.78 is 0. The minimum atomic E-state index is -0.0496. The van der Waals surface area contributed by atoms with Crippen LogP contribution in [-0.2, 0) is 0 Å². The summed E-state index contributed by atoms with van der Waals surface area (Å²) in [5.74, 6) is 1.50. The number of aliphatic hydroxyl groups is 2. The van der Waals surface area contributed by atoms with E-state index in [1.807, 2.05) is 0 Å². The van der Waals surface area contributed by atoms with Crippen molar-refractivity contribution in [2.75, 3.05) is 0 Å². The van der Waals surface area contributed by atoms with E-state index in [-0.39, 0.29) is 23.0 Å². The molecule has 0 aliphatic heterocycles. The summed E-state index contributed by atoms with van der Waals surface area (Å²) in [5.41, 5.74) is 1.12. The van der Waals surface area contributed by atoms with Gasteiger partial charge >= 0.3 is 159 Å². The van der Waals surface area contributed by atoms with Gasteiger partial charge < -0.3 is 0 Å². The van der Waals surface area contributed by atoms with Crippen LogP contribution in [0.25, 0.3) is 0 Å². The summed E-state index contributed by atoms with van der Waals surface area (Å²) >= 11 is 1.32. The van der Waals surface area contributed by atoms with Crippen LogP contribution < -0.4 is 0 Å². The predicted octanol–water partition coefficient (Wildman–Crippen LogP) is 3.52. The first-order valence-corrected chi connectivity index (χ1v) is 16.5. The van der Waals surface area contributed by atoms with Gasteiger partial charge in [0.1, 0.15) is 0 Å². The Morgan fingerprint density at radius 2 is 1.12 bits per heavy atom. The zero-order valence-electron chi connectivity index (χ0n) is 15.7. The summed E-state index contributed by atoms with van der Waals surface area (Å²) in [4.78, 5) is 0. The molecule has 0 amide bonds. The van der Waals surface area contributed by atoms with E-state index in [1.54, 1.807) is 0 Å². The van der Waals surface area contributed by atoms with Crippen molar-refractivity contribution in [3.8, 4) is 0 Å². The third kappa shape index (κ3) is 2.14. The average molecular weight is 464 g/mol. The van der Waals surface area contributed by atoms with Gasteiger partial charge in [0.2, 0.25) is 0 Å². The van der Waals surface area contributed by atoms with Crippen molar-refractivity contribution in [2.24, 2.45) is 33.5 Å². The molecule has 0 spiro atoms. The molecule has 0 aromatic heterocycles. The Bertz CT molecular complexity index is 474. The summed E-state index contributed by atoms with van der Waals surface area (Å²) in [6, 6.07) is 0. The van der Waals surface area contributed by atoms with Crippen LogP contribution in [0.2, 0.25) is 10.6 Å². The molecule has 4 heteroatoms. The van der Waals surface area contributed by atoms with E-state index in [1.165, 1.54) is 36.3 Å². The van der Waals surface area contributed by atoms with Crippen LogP contribution in [0, 0.1) is 33.5 Å². The molecule has 4 saturated carbocycles. The molecule has 0 unspecified atom stereocenters. The molecule has 4 aliphatic carbocycles. The van der Waals surface area contributed by atoms with Crippen LogP contribution in [-0.4, -0.2) is 48.7 Å². The number of hydrogen-bond donors (Lipinski definition) is 2. The molecule has 0 radical (unpaired) electrons. The van der Waals surface area contributed by atoms with Crippen molar-refractivity contribution in [1.29, 1.82) is 0 Å². The molecule has 24 heavy (non-hydrogen) atoms. The second-order valence-corrected chi connectivity index (χ2v) is 17.6. The third-order valence-electron chi connectivity index (χ3n) is 9.49. The van der Waals surface area contributed by atoms with Gasteiger partial charge in [-0.1, -0.05) is 0 Å². The zero-order valence-corrected chi connectivity index (χ0v) is 19.1. The molecule has 138 valence electrons. The van der Waals surface area contributed by atoms with Crippen LogP contribution in [0.15, 0.2) is 0 Å². The van der Waals surface area contributed by atoms with Crippen LogP contribution in [0.1, 0.15) is 66.2 Å². The van der Waals surface area contributed by atoms with Crippen LogP contribution >= 0.6 is 0 Å². The molecule has 4 rings (SSSR count). The Balaban J connectivity index is 1.39. The molecule has 0 heterocycles. The van der Waals surface area contributed by atoms with Crippen LogP contribution in [0.3, 0.4) is 0 Å². The third-order valence-corrected chi connectivity index (χ3v) is 16.9. The van der Waals surface area contributed by atoms with Crippen molar-refractivity contribution >= 4 is 26.3 Å². The van der Waals surface area contributed by atoms with Gasteiger partial charge in [-0.25, -0.2) is 0 Å². The average Bonchev–Trinajstić information content (AvgIpc) is 3.04. The molecular weight excluding hydrogens is 430 g/mol. The van der Waals surface area contributed by atoms with E-state index in [4.69, 9.17) is 0 Å². The molecule has 0 aromatic carbocycles. The Kier molecular flexibility index (Phi) is 4.37. The molecular formula is C20H34O2Se2. The molecule has 6 atom stereocenters. The summed E-state index contributed by atoms with van der Waals surface area (Å²) in [5, 5.41) is 24.0. The van der Waals surface area contributed by atoms with Gasteiger partial charge in [-0.05, 0) is 0 Å². The maximum atomic E-state index is 10.7. The minimum absolute atomic E-state index is 0.0496. The first-order chi connectivity index (χ1) is 11.2. The molecule has 2 N–H and O–H groups in total. The van der Waals surface area contributed by atoms with Gasteiger partial charge in [0.25, 0.3) is 0 Å². The Hall–Kier alpha value is 0.959. The first-order valence-electron chi connectivity index (χ1n) is 9.78. The van der Waals surface area contributed by atoms with E-state index in [0.29, 0.717) is 37.1 Å². The second kappa shape index (κ2) is 5.73. The fourth-order valence-corrected chi connectivity index (χ4v) is 17.7. The number of aliphatic hydroxyl groups excluding tert-OH is 2. The second-order valence-electron chi connectivity index (χ2n) is 10.3. The predicted molar refractivity (Wildman–Crippen MR) is 100 cm³/mol. The van der Waals surface area contributed by atoms with E-state index < -0.39 is 0 Å².